The second-order valence-corrected chi connectivity index (χ2v) is 4.77. The summed E-state index contributed by atoms with van der Waals surface area (Å²) >= 11 is 6.07. The van der Waals surface area contributed by atoms with Crippen molar-refractivity contribution in [3.05, 3.63) is 59.1 Å². The topological polar surface area (TPSA) is 67.4 Å². The van der Waals surface area contributed by atoms with E-state index in [0.717, 1.165) is 0 Å². The van der Waals surface area contributed by atoms with Crippen LogP contribution in [0.4, 0.5) is 16.2 Å². The van der Waals surface area contributed by atoms with Gasteiger partial charge in [0.1, 0.15) is 0 Å². The van der Waals surface area contributed by atoms with Crippen LogP contribution in [0.25, 0.3) is 0 Å². The summed E-state index contributed by atoms with van der Waals surface area (Å²) in [4.78, 5) is 23.5. The molecule has 22 heavy (non-hydrogen) atoms. The molecule has 0 saturated heterocycles. The highest BCUT2D eigenvalue weighted by molar-refractivity contribution is 6.34. The fourth-order valence-corrected chi connectivity index (χ4v) is 1.99. The summed E-state index contributed by atoms with van der Waals surface area (Å²) in [5.74, 6) is -0.454. The molecule has 2 amide bonds. The molecule has 0 heterocycles. The van der Waals surface area contributed by atoms with E-state index in [1.807, 2.05) is 18.2 Å². The first kappa shape index (κ1) is 15.9. The van der Waals surface area contributed by atoms with Crippen LogP contribution in [0.2, 0.25) is 5.02 Å². The van der Waals surface area contributed by atoms with E-state index in [0.29, 0.717) is 16.9 Å². The SMILES string of the molecule is CCOC(=O)c1ccc(NC(=O)Nc2ccccc2)c(Cl)c1. The van der Waals surface area contributed by atoms with Gasteiger partial charge in [-0.2, -0.15) is 0 Å². The average molecular weight is 319 g/mol. The molecule has 0 spiro atoms. The Morgan fingerprint density at radius 2 is 1.82 bits per heavy atom. The first-order valence-electron chi connectivity index (χ1n) is 6.70. The second-order valence-electron chi connectivity index (χ2n) is 4.36. The van der Waals surface area contributed by atoms with Crippen molar-refractivity contribution in [2.75, 3.05) is 17.2 Å². The standard InChI is InChI=1S/C16H15ClN2O3/c1-2-22-15(20)11-8-9-14(13(17)10-11)19-16(21)18-12-6-4-3-5-7-12/h3-10H,2H2,1H3,(H2,18,19,21). The molecule has 6 heteroatoms. The molecule has 0 bridgehead atoms. The highest BCUT2D eigenvalue weighted by Crippen LogP contribution is 2.23. The molecule has 0 fully saturated rings. The number of rotatable bonds is 4. The molecule has 2 aromatic carbocycles. The molecule has 0 aliphatic heterocycles. The van der Waals surface area contributed by atoms with Crippen LogP contribution >= 0.6 is 11.6 Å². The van der Waals surface area contributed by atoms with Gasteiger partial charge in [-0.05, 0) is 37.3 Å². The van der Waals surface area contributed by atoms with Gasteiger partial charge in [-0.1, -0.05) is 29.8 Å². The average Bonchev–Trinajstić information content (AvgIpc) is 2.50. The fraction of sp³-hybridized carbons (Fsp3) is 0.125. The van der Waals surface area contributed by atoms with Gasteiger partial charge in [0.15, 0.2) is 0 Å². The maximum atomic E-state index is 11.9. The highest BCUT2D eigenvalue weighted by atomic mass is 35.5. The van der Waals surface area contributed by atoms with Gasteiger partial charge in [0.2, 0.25) is 0 Å². The minimum atomic E-state index is -0.454. The normalized spacial score (nSPS) is 9.91. The van der Waals surface area contributed by atoms with E-state index in [4.69, 9.17) is 16.3 Å². The number of hydrogen-bond acceptors (Lipinski definition) is 3. The van der Waals surface area contributed by atoms with Crippen LogP contribution in [0.1, 0.15) is 17.3 Å². The van der Waals surface area contributed by atoms with Gasteiger partial charge in [0.05, 0.1) is 22.9 Å². The van der Waals surface area contributed by atoms with Crippen molar-refractivity contribution in [2.45, 2.75) is 6.92 Å². The summed E-state index contributed by atoms with van der Waals surface area (Å²) in [5, 5.41) is 5.56. The van der Waals surface area contributed by atoms with Crippen molar-refractivity contribution < 1.29 is 14.3 Å². The summed E-state index contributed by atoms with van der Waals surface area (Å²) in [6.45, 7) is 2.01. The number of carbonyl (C=O) groups is 2. The third-order valence-electron chi connectivity index (χ3n) is 2.76. The number of esters is 1. The minimum Gasteiger partial charge on any atom is -0.462 e. The van der Waals surface area contributed by atoms with Crippen LogP contribution in [0, 0.1) is 0 Å². The Morgan fingerprint density at radius 3 is 2.45 bits per heavy atom. The van der Waals surface area contributed by atoms with Crippen LogP contribution in [0.5, 0.6) is 0 Å². The molecular formula is C16H15ClN2O3. The molecule has 0 saturated carbocycles. The summed E-state index contributed by atoms with van der Waals surface area (Å²) in [5.41, 5.74) is 1.41. The molecule has 2 aromatic rings. The van der Waals surface area contributed by atoms with Gasteiger partial charge in [-0.15, -0.1) is 0 Å². The molecule has 0 aliphatic carbocycles. The number of amides is 2. The van der Waals surface area contributed by atoms with Gasteiger partial charge in [0.25, 0.3) is 0 Å². The number of carbonyl (C=O) groups excluding carboxylic acids is 2. The first-order valence-corrected chi connectivity index (χ1v) is 7.07. The first-order chi connectivity index (χ1) is 10.6. The summed E-state index contributed by atoms with van der Waals surface area (Å²) < 4.78 is 4.89. The molecule has 0 atom stereocenters. The number of nitrogens with one attached hydrogen (secondary N) is 2. The zero-order chi connectivity index (χ0) is 15.9. The lowest BCUT2D eigenvalue weighted by molar-refractivity contribution is 0.0526. The van der Waals surface area contributed by atoms with Gasteiger partial charge >= 0.3 is 12.0 Å². The van der Waals surface area contributed by atoms with Crippen molar-refractivity contribution >= 4 is 35.0 Å². The second kappa shape index (κ2) is 7.47. The summed E-state index contributed by atoms with van der Waals surface area (Å²) in [6, 6.07) is 13.2. The number of halogens is 1. The molecule has 114 valence electrons. The number of para-hydroxylation sites is 1. The molecular weight excluding hydrogens is 304 g/mol. The Morgan fingerprint density at radius 1 is 1.09 bits per heavy atom. The number of urea groups is 1. The Balaban J connectivity index is 2.04. The smallest absolute Gasteiger partial charge is 0.338 e. The van der Waals surface area contributed by atoms with Crippen molar-refractivity contribution in [1.82, 2.24) is 0 Å². The Bertz CT molecular complexity index is 674. The Hall–Kier alpha value is -2.53. The molecule has 0 unspecified atom stereocenters. The zero-order valence-electron chi connectivity index (χ0n) is 11.9. The van der Waals surface area contributed by atoms with E-state index in [9.17, 15) is 9.59 Å². The number of benzene rings is 2. The quantitative estimate of drug-likeness (QED) is 0.832. The summed E-state index contributed by atoms with van der Waals surface area (Å²) in [7, 11) is 0. The zero-order valence-corrected chi connectivity index (χ0v) is 12.7. The predicted molar refractivity (Wildman–Crippen MR) is 86.5 cm³/mol. The third kappa shape index (κ3) is 4.23. The van der Waals surface area contributed by atoms with Crippen LogP contribution in [0.15, 0.2) is 48.5 Å². The molecule has 0 radical (unpaired) electrons. The van der Waals surface area contributed by atoms with E-state index in [1.54, 1.807) is 31.2 Å². The van der Waals surface area contributed by atoms with Crippen LogP contribution in [-0.2, 0) is 4.74 Å². The van der Waals surface area contributed by atoms with E-state index in [2.05, 4.69) is 10.6 Å². The third-order valence-corrected chi connectivity index (χ3v) is 3.07. The fourth-order valence-electron chi connectivity index (χ4n) is 1.76. The lowest BCUT2D eigenvalue weighted by Crippen LogP contribution is -2.19. The van der Waals surface area contributed by atoms with Gasteiger partial charge in [-0.3, -0.25) is 0 Å². The molecule has 2 rings (SSSR count). The Kier molecular flexibility index (Phi) is 5.38. The highest BCUT2D eigenvalue weighted by Gasteiger charge is 2.11. The van der Waals surface area contributed by atoms with Crippen molar-refractivity contribution in [2.24, 2.45) is 0 Å². The molecule has 0 aromatic heterocycles. The molecule has 2 N–H and O–H groups in total. The number of ether oxygens (including phenoxy) is 1. The van der Waals surface area contributed by atoms with Gasteiger partial charge < -0.3 is 15.4 Å². The molecule has 5 nitrogen and oxygen atoms in total. The van der Waals surface area contributed by atoms with E-state index < -0.39 is 12.0 Å². The monoisotopic (exact) mass is 318 g/mol. The predicted octanol–water partition coefficient (Wildman–Crippen LogP) is 4.16. The van der Waals surface area contributed by atoms with E-state index >= 15 is 0 Å². The van der Waals surface area contributed by atoms with Crippen LogP contribution in [-0.4, -0.2) is 18.6 Å². The van der Waals surface area contributed by atoms with Crippen LogP contribution < -0.4 is 10.6 Å². The maximum absolute atomic E-state index is 11.9. The van der Waals surface area contributed by atoms with Crippen LogP contribution in [0.3, 0.4) is 0 Å². The van der Waals surface area contributed by atoms with Gasteiger partial charge in [-0.25, -0.2) is 9.59 Å². The Labute approximate surface area is 133 Å². The van der Waals surface area contributed by atoms with Crippen molar-refractivity contribution in [1.29, 1.82) is 0 Å². The van der Waals surface area contributed by atoms with Crippen molar-refractivity contribution in [3.63, 3.8) is 0 Å². The number of anilines is 2. The maximum Gasteiger partial charge on any atom is 0.338 e. The van der Waals surface area contributed by atoms with Crippen molar-refractivity contribution in [3.8, 4) is 0 Å². The number of hydrogen-bond donors (Lipinski definition) is 2. The molecule has 0 aliphatic rings. The largest absolute Gasteiger partial charge is 0.462 e. The van der Waals surface area contributed by atoms with E-state index in [1.165, 1.54) is 6.07 Å². The van der Waals surface area contributed by atoms with Gasteiger partial charge in [0, 0.05) is 5.69 Å². The lowest BCUT2D eigenvalue weighted by atomic mass is 10.2. The van der Waals surface area contributed by atoms with E-state index in [-0.39, 0.29) is 11.6 Å². The summed E-state index contributed by atoms with van der Waals surface area (Å²) in [6.07, 6.45) is 0. The lowest BCUT2D eigenvalue weighted by Gasteiger charge is -2.10. The minimum absolute atomic E-state index is 0.258.